The van der Waals surface area contributed by atoms with Crippen molar-refractivity contribution >= 4 is 15.2 Å². The average Bonchev–Trinajstić information content (AvgIpc) is 3.29. The minimum Gasteiger partial charge on any atom is -0.387 e. The molecule has 3 heterocycles. The Kier molecular flexibility index (Phi) is 15.5. The van der Waals surface area contributed by atoms with Crippen LogP contribution in [-0.2, 0) is 46.6 Å². The largest absolute Gasteiger partial charge is 0.387 e. The first kappa shape index (κ1) is 40.1. The fourth-order valence-electron chi connectivity index (χ4n) is 4.85. The lowest BCUT2D eigenvalue weighted by molar-refractivity contribution is -0.300. The smallest absolute Gasteiger partial charge is 0.342 e. The maximum absolute atomic E-state index is 13.3. The Morgan fingerprint density at radius 2 is 1.42 bits per heavy atom. The molecule has 0 amide bonds. The summed E-state index contributed by atoms with van der Waals surface area (Å²) in [5.41, 5.74) is -1.66. The van der Waals surface area contributed by atoms with Crippen LogP contribution in [0.2, 0.25) is 0 Å². The number of ether oxygens (including phenoxy) is 6. The van der Waals surface area contributed by atoms with E-state index in [1.54, 1.807) is 0 Å². The van der Waals surface area contributed by atoms with E-state index in [9.17, 15) is 38.7 Å². The van der Waals surface area contributed by atoms with Gasteiger partial charge in [0, 0.05) is 12.3 Å². The molecule has 0 spiro atoms. The van der Waals surface area contributed by atoms with Gasteiger partial charge in [-0.2, -0.15) is 0 Å². The second-order valence-corrected chi connectivity index (χ2v) is 14.7. The molecule has 5 N–H and O–H groups in total. The standard InChI is InChI=1S/C28H42N2O16P2/c1-5-11-39-15-19-23(40-12-6-2)24(41-13-7-3)25(42-14-8-4)27(45-19)46-48(37,38)17-47(35,36)43-16-18-21(32)22(33)26(44-18)30-10-9-20(31)29-28(30)34/h5-10,18-19,21-27,32-33H,1-4,11-17H2,(H,35,36)(H,37,38)(H,29,31,34)/t18-,19-,21-,22-,23-,24+,25-,26-,27-/m1/s1. The van der Waals surface area contributed by atoms with E-state index in [4.69, 9.17) is 37.5 Å². The summed E-state index contributed by atoms with van der Waals surface area (Å²) in [6, 6.07) is 0.982. The molecule has 48 heavy (non-hydrogen) atoms. The zero-order valence-corrected chi connectivity index (χ0v) is 27.8. The Balaban J connectivity index is 1.76. The average molecular weight is 725 g/mol. The third-order valence-corrected chi connectivity index (χ3v) is 10.8. The van der Waals surface area contributed by atoms with Gasteiger partial charge in [-0.05, 0) is 0 Å². The third-order valence-electron chi connectivity index (χ3n) is 6.86. The highest BCUT2D eigenvalue weighted by Gasteiger charge is 2.52. The van der Waals surface area contributed by atoms with Gasteiger partial charge >= 0.3 is 20.9 Å². The molecule has 1 aromatic heterocycles. The first-order chi connectivity index (χ1) is 22.8. The van der Waals surface area contributed by atoms with Crippen molar-refractivity contribution in [1.82, 2.24) is 9.55 Å². The van der Waals surface area contributed by atoms with E-state index in [-0.39, 0.29) is 33.0 Å². The molecule has 0 aliphatic carbocycles. The minimum absolute atomic E-state index is 0.0114. The molecular weight excluding hydrogens is 682 g/mol. The fourth-order valence-corrected chi connectivity index (χ4v) is 8.12. The molecule has 2 fully saturated rings. The lowest BCUT2D eigenvalue weighted by Crippen LogP contribution is -2.61. The van der Waals surface area contributed by atoms with Gasteiger partial charge in [0.15, 0.2) is 18.4 Å². The molecule has 2 aliphatic rings. The molecular formula is C28H42N2O16P2. The van der Waals surface area contributed by atoms with Gasteiger partial charge in [-0.1, -0.05) is 24.3 Å². The molecule has 270 valence electrons. The van der Waals surface area contributed by atoms with Crippen LogP contribution in [0.5, 0.6) is 0 Å². The Labute approximate surface area is 275 Å². The molecule has 2 aliphatic heterocycles. The Bertz CT molecular complexity index is 1450. The maximum atomic E-state index is 13.3. The quantitative estimate of drug-likeness (QED) is 0.0644. The summed E-state index contributed by atoms with van der Waals surface area (Å²) < 4.78 is 72.1. The normalized spacial score (nSPS) is 31.4. The van der Waals surface area contributed by atoms with Crippen molar-refractivity contribution in [3.8, 4) is 0 Å². The molecule has 2 saturated heterocycles. The third kappa shape index (κ3) is 11.1. The van der Waals surface area contributed by atoms with E-state index in [1.165, 1.54) is 24.3 Å². The first-order valence-electron chi connectivity index (χ1n) is 14.6. The second-order valence-electron chi connectivity index (χ2n) is 10.5. The summed E-state index contributed by atoms with van der Waals surface area (Å²) in [4.78, 5) is 46.7. The molecule has 3 rings (SSSR count). The highest BCUT2D eigenvalue weighted by atomic mass is 31.2. The van der Waals surface area contributed by atoms with E-state index in [0.717, 1.165) is 16.8 Å². The molecule has 0 bridgehead atoms. The van der Waals surface area contributed by atoms with Gasteiger partial charge in [0.2, 0.25) is 0 Å². The van der Waals surface area contributed by atoms with Gasteiger partial charge in [0.05, 0.1) is 39.6 Å². The lowest BCUT2D eigenvalue weighted by Gasteiger charge is -2.45. The molecule has 0 radical (unpaired) electrons. The van der Waals surface area contributed by atoms with Crippen LogP contribution in [0.15, 0.2) is 72.5 Å². The van der Waals surface area contributed by atoms with E-state index < -0.39 is 94.2 Å². The molecule has 0 aromatic carbocycles. The number of nitrogens with one attached hydrogen (secondary N) is 1. The van der Waals surface area contributed by atoms with Crippen molar-refractivity contribution in [1.29, 1.82) is 0 Å². The number of aliphatic hydroxyl groups is 2. The van der Waals surface area contributed by atoms with Gasteiger partial charge in [-0.25, -0.2) is 4.79 Å². The van der Waals surface area contributed by atoms with Crippen molar-refractivity contribution in [3.05, 3.63) is 83.7 Å². The lowest BCUT2D eigenvalue weighted by atomic mass is 9.98. The SMILES string of the molecule is C=CCOC[C@H]1O[C@H](OP(=O)(O)CP(=O)(O)OC[C@H]2O[C@@H](n3ccc(=O)[nH]c3=O)[C@H](O)[C@@H]2O)[C@H](OCC=C)[C@@H](OCC=C)[C@@H]1OCC=C. The zero-order chi connectivity index (χ0) is 35.5. The minimum atomic E-state index is -5.05. The van der Waals surface area contributed by atoms with Crippen LogP contribution in [0.1, 0.15) is 6.23 Å². The highest BCUT2D eigenvalue weighted by Crippen LogP contribution is 2.59. The molecule has 2 unspecified atom stereocenters. The summed E-state index contributed by atoms with van der Waals surface area (Å²) in [6.07, 6.45) is -5.20. The van der Waals surface area contributed by atoms with Gasteiger partial charge in [-0.3, -0.25) is 28.0 Å². The topological polar surface area (TPSA) is 244 Å². The van der Waals surface area contributed by atoms with Crippen LogP contribution < -0.4 is 11.2 Å². The predicted octanol–water partition coefficient (Wildman–Crippen LogP) is 0.158. The number of H-pyrrole nitrogens is 1. The van der Waals surface area contributed by atoms with Crippen molar-refractivity contribution in [2.75, 3.05) is 45.5 Å². The monoisotopic (exact) mass is 724 g/mol. The summed E-state index contributed by atoms with van der Waals surface area (Å²) in [5.74, 6) is -1.44. The number of aromatic amines is 1. The van der Waals surface area contributed by atoms with Crippen LogP contribution >= 0.6 is 15.2 Å². The van der Waals surface area contributed by atoms with E-state index in [1.807, 2.05) is 4.98 Å². The second kappa shape index (κ2) is 18.6. The Morgan fingerprint density at radius 1 is 0.812 bits per heavy atom. The highest BCUT2D eigenvalue weighted by molar-refractivity contribution is 7.70. The zero-order valence-electron chi connectivity index (χ0n) is 26.0. The Hall–Kier alpha value is -2.38. The van der Waals surface area contributed by atoms with Crippen LogP contribution in [0.3, 0.4) is 0 Å². The number of aliphatic hydroxyl groups excluding tert-OH is 2. The maximum Gasteiger partial charge on any atom is 0.342 e. The van der Waals surface area contributed by atoms with Crippen LogP contribution in [0.4, 0.5) is 0 Å². The van der Waals surface area contributed by atoms with Crippen molar-refractivity contribution in [2.24, 2.45) is 0 Å². The fraction of sp³-hybridized carbons (Fsp3) is 0.571. The van der Waals surface area contributed by atoms with Gasteiger partial charge in [0.25, 0.3) is 5.56 Å². The molecule has 0 saturated carbocycles. The molecule has 20 heteroatoms. The van der Waals surface area contributed by atoms with Crippen molar-refractivity contribution < 1.29 is 66.6 Å². The summed E-state index contributed by atoms with van der Waals surface area (Å²) >= 11 is 0. The van der Waals surface area contributed by atoms with Crippen LogP contribution in [0.25, 0.3) is 0 Å². The van der Waals surface area contributed by atoms with Gasteiger partial charge in [-0.15, -0.1) is 26.3 Å². The number of aromatic nitrogens is 2. The summed E-state index contributed by atoms with van der Waals surface area (Å²) in [7, 11) is -10.0. The van der Waals surface area contributed by atoms with E-state index >= 15 is 0 Å². The van der Waals surface area contributed by atoms with Crippen molar-refractivity contribution in [2.45, 2.75) is 55.2 Å². The van der Waals surface area contributed by atoms with E-state index in [2.05, 4.69) is 26.3 Å². The number of hydrogen-bond acceptors (Lipinski definition) is 14. The van der Waals surface area contributed by atoms with Crippen LogP contribution in [0, 0.1) is 0 Å². The number of nitrogens with zero attached hydrogens (tertiary/aromatic N) is 1. The van der Waals surface area contributed by atoms with Gasteiger partial charge < -0.3 is 52.9 Å². The van der Waals surface area contributed by atoms with Crippen LogP contribution in [-0.4, -0.2) is 124 Å². The first-order valence-corrected chi connectivity index (χ1v) is 18.1. The summed E-state index contributed by atoms with van der Waals surface area (Å²) in [5, 5.41) is 20.8. The molecule has 18 nitrogen and oxygen atoms in total. The Morgan fingerprint density at radius 3 is 2.02 bits per heavy atom. The van der Waals surface area contributed by atoms with E-state index in [0.29, 0.717) is 0 Å². The number of rotatable bonds is 21. The van der Waals surface area contributed by atoms with Gasteiger partial charge in [0.1, 0.15) is 42.7 Å². The summed E-state index contributed by atoms with van der Waals surface area (Å²) in [6.45, 7) is 13.7. The molecule has 11 atom stereocenters. The number of hydrogen-bond donors (Lipinski definition) is 5. The molecule has 1 aromatic rings. The van der Waals surface area contributed by atoms with Crippen molar-refractivity contribution in [3.63, 3.8) is 0 Å². The predicted molar refractivity (Wildman–Crippen MR) is 168 cm³/mol.